The van der Waals surface area contributed by atoms with Gasteiger partial charge in [-0.05, 0) is 23.3 Å². The number of rotatable bonds is 6. The first-order chi connectivity index (χ1) is 14.3. The van der Waals surface area contributed by atoms with Gasteiger partial charge in [0.25, 0.3) is 0 Å². The molecular weight excluding hydrogens is 376 g/mol. The monoisotopic (exact) mass is 402 g/mol. The summed E-state index contributed by atoms with van der Waals surface area (Å²) in [5.41, 5.74) is 3.59. The second-order valence-electron chi connectivity index (χ2n) is 7.36. The molecule has 0 spiro atoms. The van der Waals surface area contributed by atoms with E-state index in [-0.39, 0.29) is 0 Å². The Bertz CT molecular complexity index is 922. The lowest BCUT2D eigenvalue weighted by Crippen LogP contribution is -2.48. The van der Waals surface area contributed by atoms with Gasteiger partial charge in [-0.1, -0.05) is 85.0 Å². The number of hydrogen-bond acceptors (Lipinski definition) is 3. The van der Waals surface area contributed by atoms with Gasteiger partial charge in [-0.25, -0.2) is 0 Å². The summed E-state index contributed by atoms with van der Waals surface area (Å²) in [5.74, 6) is 0.858. The minimum atomic E-state index is 0.565. The van der Waals surface area contributed by atoms with Crippen LogP contribution in [0.5, 0.6) is 5.75 Å². The Morgan fingerprint density at radius 2 is 1.41 bits per heavy atom. The lowest BCUT2D eigenvalue weighted by molar-refractivity contribution is 0.177. The zero-order valence-electron chi connectivity index (χ0n) is 16.5. The van der Waals surface area contributed by atoms with Gasteiger partial charge in [0.1, 0.15) is 17.3 Å². The van der Waals surface area contributed by atoms with Crippen molar-refractivity contribution in [1.29, 1.82) is 0 Å². The molecule has 0 saturated carbocycles. The van der Waals surface area contributed by atoms with Crippen LogP contribution in [-0.4, -0.2) is 41.0 Å². The minimum absolute atomic E-state index is 0.565. The molecule has 3 nitrogen and oxygen atoms in total. The third-order valence-corrected chi connectivity index (χ3v) is 5.73. The first-order valence-corrected chi connectivity index (χ1v) is 10.5. The van der Waals surface area contributed by atoms with Gasteiger partial charge in [-0.2, -0.15) is 0 Å². The normalized spacial score (nSPS) is 14.6. The molecule has 0 unspecified atom stereocenters. The number of ether oxygens (including phenoxy) is 1. The first-order valence-electron chi connectivity index (χ1n) is 10.1. The number of hydrogen-bond donors (Lipinski definition) is 0. The standard InChI is InChI=1S/C25H26N2OS/c29-25(27-16-14-26(15-17-27)19-21-8-3-1-4-9-21)23-12-7-13-24(18-23)28-20-22-10-5-2-6-11-22/h1-13,18H,14-17,19-20H2. The van der Waals surface area contributed by atoms with Crippen LogP contribution in [0.4, 0.5) is 0 Å². The van der Waals surface area contributed by atoms with E-state index in [0.717, 1.165) is 54.6 Å². The maximum Gasteiger partial charge on any atom is 0.120 e. The van der Waals surface area contributed by atoms with Crippen molar-refractivity contribution in [1.82, 2.24) is 9.80 Å². The molecule has 0 aromatic heterocycles. The van der Waals surface area contributed by atoms with Gasteiger partial charge in [0.15, 0.2) is 0 Å². The van der Waals surface area contributed by atoms with Gasteiger partial charge in [0.05, 0.1) is 0 Å². The van der Waals surface area contributed by atoms with Gasteiger partial charge in [0, 0.05) is 38.3 Å². The summed E-state index contributed by atoms with van der Waals surface area (Å²) in [6.45, 7) is 5.54. The summed E-state index contributed by atoms with van der Waals surface area (Å²) in [4.78, 5) is 5.72. The lowest BCUT2D eigenvalue weighted by Gasteiger charge is -2.36. The third kappa shape index (κ3) is 5.43. The Morgan fingerprint density at radius 3 is 2.10 bits per heavy atom. The second-order valence-corrected chi connectivity index (χ2v) is 7.74. The fourth-order valence-corrected chi connectivity index (χ4v) is 3.90. The molecule has 3 aromatic rings. The van der Waals surface area contributed by atoms with Gasteiger partial charge in [-0.3, -0.25) is 4.90 Å². The summed E-state index contributed by atoms with van der Waals surface area (Å²) in [6, 6.07) is 29.0. The lowest BCUT2D eigenvalue weighted by atomic mass is 10.1. The Balaban J connectivity index is 1.31. The number of nitrogens with zero attached hydrogens (tertiary/aromatic N) is 2. The summed E-state index contributed by atoms with van der Waals surface area (Å²) in [5, 5.41) is 0. The molecule has 29 heavy (non-hydrogen) atoms. The minimum Gasteiger partial charge on any atom is -0.489 e. The summed E-state index contributed by atoms with van der Waals surface area (Å²) in [7, 11) is 0. The van der Waals surface area contributed by atoms with E-state index < -0.39 is 0 Å². The summed E-state index contributed by atoms with van der Waals surface area (Å²) < 4.78 is 5.97. The predicted molar refractivity (Wildman–Crippen MR) is 122 cm³/mol. The van der Waals surface area contributed by atoms with Crippen LogP contribution in [0.3, 0.4) is 0 Å². The van der Waals surface area contributed by atoms with E-state index in [0.29, 0.717) is 6.61 Å². The number of piperazine rings is 1. The van der Waals surface area contributed by atoms with Crippen molar-refractivity contribution in [2.45, 2.75) is 13.2 Å². The van der Waals surface area contributed by atoms with Crippen LogP contribution >= 0.6 is 12.2 Å². The van der Waals surface area contributed by atoms with E-state index in [1.165, 1.54) is 5.56 Å². The molecule has 0 N–H and O–H groups in total. The number of benzene rings is 3. The molecule has 1 fully saturated rings. The van der Waals surface area contributed by atoms with E-state index in [1.54, 1.807) is 0 Å². The quantitative estimate of drug-likeness (QED) is 0.552. The van der Waals surface area contributed by atoms with E-state index in [2.05, 4.69) is 64.4 Å². The Hall–Kier alpha value is -2.69. The van der Waals surface area contributed by atoms with Gasteiger partial charge in [-0.15, -0.1) is 0 Å². The topological polar surface area (TPSA) is 15.7 Å². The highest BCUT2D eigenvalue weighted by Gasteiger charge is 2.20. The van der Waals surface area contributed by atoms with E-state index >= 15 is 0 Å². The Kier molecular flexibility index (Phi) is 6.55. The second kappa shape index (κ2) is 9.68. The van der Waals surface area contributed by atoms with Crippen molar-refractivity contribution in [3.8, 4) is 5.75 Å². The van der Waals surface area contributed by atoms with Gasteiger partial charge in [0.2, 0.25) is 0 Å². The molecule has 148 valence electrons. The zero-order chi connectivity index (χ0) is 19.9. The van der Waals surface area contributed by atoms with Crippen molar-refractivity contribution >= 4 is 17.2 Å². The van der Waals surface area contributed by atoms with Crippen molar-refractivity contribution in [2.75, 3.05) is 26.2 Å². The maximum absolute atomic E-state index is 5.97. The van der Waals surface area contributed by atoms with E-state index in [1.807, 2.05) is 30.3 Å². The van der Waals surface area contributed by atoms with Crippen LogP contribution in [0, 0.1) is 0 Å². The molecule has 4 rings (SSSR count). The fraction of sp³-hybridized carbons (Fsp3) is 0.240. The Labute approximate surface area is 178 Å². The molecule has 0 bridgehead atoms. The highest BCUT2D eigenvalue weighted by Crippen LogP contribution is 2.18. The summed E-state index contributed by atoms with van der Waals surface area (Å²) in [6.07, 6.45) is 0. The summed E-state index contributed by atoms with van der Waals surface area (Å²) >= 11 is 5.80. The van der Waals surface area contributed by atoms with Crippen molar-refractivity contribution in [3.63, 3.8) is 0 Å². The van der Waals surface area contributed by atoms with Crippen LogP contribution in [-0.2, 0) is 13.2 Å². The van der Waals surface area contributed by atoms with Crippen molar-refractivity contribution in [3.05, 3.63) is 102 Å². The van der Waals surface area contributed by atoms with Crippen LogP contribution in [0.15, 0.2) is 84.9 Å². The van der Waals surface area contributed by atoms with Crippen LogP contribution < -0.4 is 4.74 Å². The molecule has 1 saturated heterocycles. The predicted octanol–water partition coefficient (Wildman–Crippen LogP) is 4.76. The van der Waals surface area contributed by atoms with Crippen LogP contribution in [0.25, 0.3) is 0 Å². The molecule has 4 heteroatoms. The molecule has 1 heterocycles. The highest BCUT2D eigenvalue weighted by atomic mass is 32.1. The zero-order valence-corrected chi connectivity index (χ0v) is 17.4. The maximum atomic E-state index is 5.97. The van der Waals surface area contributed by atoms with Gasteiger partial charge >= 0.3 is 0 Å². The van der Waals surface area contributed by atoms with Crippen molar-refractivity contribution in [2.24, 2.45) is 0 Å². The number of thiocarbonyl (C=S) groups is 1. The molecule has 0 radical (unpaired) electrons. The SMILES string of the molecule is S=C(c1cccc(OCc2ccccc2)c1)N1CCN(Cc2ccccc2)CC1. The molecule has 0 aliphatic carbocycles. The molecule has 1 aliphatic rings. The van der Waals surface area contributed by atoms with Crippen LogP contribution in [0.2, 0.25) is 0 Å². The highest BCUT2D eigenvalue weighted by molar-refractivity contribution is 7.80. The smallest absolute Gasteiger partial charge is 0.120 e. The van der Waals surface area contributed by atoms with Crippen molar-refractivity contribution < 1.29 is 4.74 Å². The molecule has 1 aliphatic heterocycles. The van der Waals surface area contributed by atoms with E-state index in [4.69, 9.17) is 17.0 Å². The average molecular weight is 403 g/mol. The largest absolute Gasteiger partial charge is 0.489 e. The molecule has 0 atom stereocenters. The Morgan fingerprint density at radius 1 is 0.759 bits per heavy atom. The first kappa shape index (κ1) is 19.6. The fourth-order valence-electron chi connectivity index (χ4n) is 3.59. The van der Waals surface area contributed by atoms with Gasteiger partial charge < -0.3 is 9.64 Å². The third-order valence-electron chi connectivity index (χ3n) is 5.24. The average Bonchev–Trinajstić information content (AvgIpc) is 2.79. The van der Waals surface area contributed by atoms with E-state index in [9.17, 15) is 0 Å². The molecular formula is C25H26N2OS. The molecule has 0 amide bonds. The molecule has 3 aromatic carbocycles. The van der Waals surface area contributed by atoms with Crippen LogP contribution in [0.1, 0.15) is 16.7 Å².